The van der Waals surface area contributed by atoms with Gasteiger partial charge in [-0.15, -0.1) is 0 Å². The average Bonchev–Trinajstić information content (AvgIpc) is 2.95. The van der Waals surface area contributed by atoms with Crippen molar-refractivity contribution < 1.29 is 27.5 Å². The number of nitrogens with zero attached hydrogens (tertiary/aromatic N) is 2. The van der Waals surface area contributed by atoms with Crippen LogP contribution in [0.1, 0.15) is 50.8 Å². The highest BCUT2D eigenvalue weighted by Crippen LogP contribution is 2.36. The number of carbonyl (C=O) groups excluding carboxylic acids is 2. The summed E-state index contributed by atoms with van der Waals surface area (Å²) in [5.41, 5.74) is 2.36. The zero-order valence-corrected chi connectivity index (χ0v) is 27.1. The Bertz CT molecular complexity index is 1510. The van der Waals surface area contributed by atoms with Crippen molar-refractivity contribution in [3.63, 3.8) is 0 Å². The van der Waals surface area contributed by atoms with Crippen LogP contribution in [0.2, 0.25) is 0 Å². The molecule has 0 bridgehead atoms. The number of amides is 2. The van der Waals surface area contributed by atoms with E-state index in [-0.39, 0.29) is 28.8 Å². The van der Waals surface area contributed by atoms with E-state index in [1.165, 1.54) is 37.3 Å². The van der Waals surface area contributed by atoms with Crippen molar-refractivity contribution in [2.75, 3.05) is 25.1 Å². The molecule has 9 nitrogen and oxygen atoms in total. The Balaban J connectivity index is 2.16. The quantitative estimate of drug-likeness (QED) is 0.301. The highest BCUT2D eigenvalue weighted by atomic mass is 32.2. The maximum atomic E-state index is 14.3. The minimum atomic E-state index is -4.27. The molecule has 1 atom stereocenters. The highest BCUT2D eigenvalue weighted by Gasteiger charge is 2.35. The lowest BCUT2D eigenvalue weighted by Crippen LogP contribution is -2.55. The van der Waals surface area contributed by atoms with Crippen molar-refractivity contribution in [2.24, 2.45) is 0 Å². The Morgan fingerprint density at radius 1 is 0.884 bits per heavy atom. The molecule has 3 aromatic rings. The molecule has 232 valence electrons. The van der Waals surface area contributed by atoms with Gasteiger partial charge >= 0.3 is 0 Å². The van der Waals surface area contributed by atoms with Crippen molar-refractivity contribution in [1.82, 2.24) is 10.2 Å². The maximum absolute atomic E-state index is 14.3. The fraction of sp³-hybridized carbons (Fsp3) is 0.394. The van der Waals surface area contributed by atoms with Gasteiger partial charge in [0.05, 0.1) is 24.8 Å². The lowest BCUT2D eigenvalue weighted by molar-refractivity contribution is -0.141. The molecule has 0 aliphatic carbocycles. The molecule has 0 aliphatic heterocycles. The summed E-state index contributed by atoms with van der Waals surface area (Å²) in [6.45, 7) is 10.8. The van der Waals surface area contributed by atoms with Gasteiger partial charge in [0.25, 0.3) is 10.0 Å². The van der Waals surface area contributed by atoms with Gasteiger partial charge in [-0.2, -0.15) is 0 Å². The first-order valence-corrected chi connectivity index (χ1v) is 15.6. The molecule has 3 rings (SSSR count). The Hall–Kier alpha value is -4.05. The first kappa shape index (κ1) is 33.5. The molecule has 0 heterocycles. The molecule has 0 radical (unpaired) electrons. The number of ether oxygens (including phenoxy) is 2. The van der Waals surface area contributed by atoms with Gasteiger partial charge in [-0.25, -0.2) is 8.42 Å². The van der Waals surface area contributed by atoms with E-state index in [2.05, 4.69) is 5.32 Å². The van der Waals surface area contributed by atoms with Gasteiger partial charge in [0.15, 0.2) is 0 Å². The molecular weight excluding hydrogens is 566 g/mol. The van der Waals surface area contributed by atoms with Crippen molar-refractivity contribution in [1.29, 1.82) is 0 Å². The molecule has 0 spiro atoms. The predicted molar refractivity (Wildman–Crippen MR) is 169 cm³/mol. The fourth-order valence-electron chi connectivity index (χ4n) is 4.61. The number of anilines is 1. The first-order chi connectivity index (χ1) is 20.2. The van der Waals surface area contributed by atoms with Crippen LogP contribution in [0.3, 0.4) is 0 Å². The van der Waals surface area contributed by atoms with Crippen LogP contribution in [-0.4, -0.2) is 57.5 Å². The van der Waals surface area contributed by atoms with Gasteiger partial charge < -0.3 is 19.7 Å². The van der Waals surface area contributed by atoms with Crippen LogP contribution in [0.15, 0.2) is 71.6 Å². The Morgan fingerprint density at radius 2 is 1.47 bits per heavy atom. The van der Waals surface area contributed by atoms with Crippen molar-refractivity contribution in [3.8, 4) is 11.5 Å². The third kappa shape index (κ3) is 8.50. The van der Waals surface area contributed by atoms with E-state index < -0.39 is 34.1 Å². The van der Waals surface area contributed by atoms with Crippen molar-refractivity contribution in [2.45, 2.75) is 71.0 Å². The number of benzene rings is 3. The predicted octanol–water partition coefficient (Wildman–Crippen LogP) is 5.24. The van der Waals surface area contributed by atoms with Crippen LogP contribution in [0.25, 0.3) is 0 Å². The zero-order chi connectivity index (χ0) is 31.9. The second kappa shape index (κ2) is 13.9. The van der Waals surface area contributed by atoms with E-state index in [4.69, 9.17) is 9.47 Å². The van der Waals surface area contributed by atoms with Crippen LogP contribution >= 0.6 is 0 Å². The van der Waals surface area contributed by atoms with Gasteiger partial charge in [-0.3, -0.25) is 13.9 Å². The summed E-state index contributed by atoms with van der Waals surface area (Å²) in [4.78, 5) is 29.3. The molecule has 43 heavy (non-hydrogen) atoms. The topological polar surface area (TPSA) is 105 Å². The molecule has 2 amide bonds. The Kier molecular flexibility index (Phi) is 10.9. The van der Waals surface area contributed by atoms with Gasteiger partial charge in [0.1, 0.15) is 24.1 Å². The van der Waals surface area contributed by atoms with E-state index in [0.717, 1.165) is 21.0 Å². The van der Waals surface area contributed by atoms with E-state index in [9.17, 15) is 18.0 Å². The number of sulfonamides is 1. The van der Waals surface area contributed by atoms with E-state index in [1.807, 2.05) is 65.8 Å². The number of carbonyl (C=O) groups is 2. The SMILES string of the molecule is CC[C@@H](C(=O)NC(C)(C)C)N(Cc1ccc(C)cc1)C(=O)CN(c1cc(OC)ccc1OC)S(=O)(=O)c1ccc(C)cc1. The molecule has 3 aromatic carbocycles. The molecule has 1 N–H and O–H groups in total. The van der Waals surface area contributed by atoms with E-state index in [0.29, 0.717) is 12.2 Å². The number of hydrogen-bond donors (Lipinski definition) is 1. The summed E-state index contributed by atoms with van der Waals surface area (Å²) in [6.07, 6.45) is 0.326. The number of rotatable bonds is 12. The lowest BCUT2D eigenvalue weighted by Gasteiger charge is -2.35. The normalized spacial score (nSPS) is 12.3. The lowest BCUT2D eigenvalue weighted by atomic mass is 10.1. The van der Waals surface area contributed by atoms with Gasteiger partial charge in [0.2, 0.25) is 11.8 Å². The third-order valence-electron chi connectivity index (χ3n) is 6.90. The van der Waals surface area contributed by atoms with Crippen LogP contribution in [0, 0.1) is 13.8 Å². The van der Waals surface area contributed by atoms with E-state index >= 15 is 0 Å². The van der Waals surface area contributed by atoms with Crippen molar-refractivity contribution >= 4 is 27.5 Å². The average molecular weight is 610 g/mol. The number of aryl methyl sites for hydroxylation is 2. The standard InChI is InChI=1S/C33H43N3O6S/c1-9-28(32(38)34-33(4,5)6)35(21-25-14-10-23(2)11-15-25)31(37)22-36(29-20-26(41-7)16-19-30(29)42-8)43(39,40)27-17-12-24(3)13-18-27/h10-20,28H,9,21-22H2,1-8H3,(H,34,38)/t28-/m0/s1. The molecule has 0 saturated heterocycles. The molecule has 0 aromatic heterocycles. The van der Waals surface area contributed by atoms with Crippen LogP contribution < -0.4 is 19.1 Å². The highest BCUT2D eigenvalue weighted by molar-refractivity contribution is 7.92. The third-order valence-corrected chi connectivity index (χ3v) is 8.67. The summed E-state index contributed by atoms with van der Waals surface area (Å²) in [6, 6.07) is 18.0. The molecule has 10 heteroatoms. The molecule has 0 saturated carbocycles. The van der Waals surface area contributed by atoms with Gasteiger partial charge in [0, 0.05) is 18.2 Å². The second-order valence-corrected chi connectivity index (χ2v) is 13.4. The number of hydrogen-bond acceptors (Lipinski definition) is 6. The molecule has 0 aliphatic rings. The van der Waals surface area contributed by atoms with Crippen LogP contribution in [0.5, 0.6) is 11.5 Å². The summed E-state index contributed by atoms with van der Waals surface area (Å²) >= 11 is 0. The fourth-order valence-corrected chi connectivity index (χ4v) is 6.02. The van der Waals surface area contributed by atoms with Crippen LogP contribution in [0.4, 0.5) is 5.69 Å². The minimum Gasteiger partial charge on any atom is -0.497 e. The largest absolute Gasteiger partial charge is 0.497 e. The summed E-state index contributed by atoms with van der Waals surface area (Å²) in [7, 11) is -1.37. The molecule has 0 fully saturated rings. The van der Waals surface area contributed by atoms with Crippen molar-refractivity contribution in [3.05, 3.63) is 83.4 Å². The molecular formula is C33H43N3O6S. The summed E-state index contributed by atoms with van der Waals surface area (Å²) in [5.74, 6) is -0.230. The van der Waals surface area contributed by atoms with Gasteiger partial charge in [-0.1, -0.05) is 54.4 Å². The van der Waals surface area contributed by atoms with Crippen LogP contribution in [-0.2, 0) is 26.2 Å². The maximum Gasteiger partial charge on any atom is 0.264 e. The monoisotopic (exact) mass is 609 g/mol. The second-order valence-electron chi connectivity index (χ2n) is 11.5. The smallest absolute Gasteiger partial charge is 0.264 e. The van der Waals surface area contributed by atoms with Gasteiger partial charge in [-0.05, 0) is 70.9 Å². The summed E-state index contributed by atoms with van der Waals surface area (Å²) < 4.78 is 40.4. The number of nitrogens with one attached hydrogen (secondary N) is 1. The Morgan fingerprint density at radius 3 is 1.98 bits per heavy atom. The first-order valence-electron chi connectivity index (χ1n) is 14.2. The summed E-state index contributed by atoms with van der Waals surface area (Å²) in [5, 5.41) is 2.98. The number of methoxy groups -OCH3 is 2. The van der Waals surface area contributed by atoms with E-state index in [1.54, 1.807) is 24.3 Å². The Labute approximate surface area is 255 Å². The zero-order valence-electron chi connectivity index (χ0n) is 26.3. The molecule has 0 unspecified atom stereocenters. The minimum absolute atomic E-state index is 0.0124.